The minimum Gasteiger partial charge on any atom is -0.507 e. The summed E-state index contributed by atoms with van der Waals surface area (Å²) in [5, 5.41) is 25.2. The second-order valence-electron chi connectivity index (χ2n) is 7.20. The normalized spacial score (nSPS) is 13.4. The lowest BCUT2D eigenvalue weighted by Crippen LogP contribution is -2.10. The molecular formula is C24H26N2O3. The highest BCUT2D eigenvalue weighted by Gasteiger charge is 2.19. The lowest BCUT2D eigenvalue weighted by Gasteiger charge is -2.20. The van der Waals surface area contributed by atoms with Gasteiger partial charge in [-0.25, -0.2) is 0 Å². The first kappa shape index (κ1) is 20.4. The minimum atomic E-state index is -0.660. The zero-order valence-corrected chi connectivity index (χ0v) is 16.4. The van der Waals surface area contributed by atoms with Gasteiger partial charge in [-0.3, -0.25) is 4.79 Å². The van der Waals surface area contributed by atoms with Crippen LogP contribution in [0.1, 0.15) is 31.4 Å². The third-order valence-corrected chi connectivity index (χ3v) is 5.07. The summed E-state index contributed by atoms with van der Waals surface area (Å²) in [6.45, 7) is 1.98. The second kappa shape index (κ2) is 9.26. The minimum absolute atomic E-state index is 0.0135. The predicted octanol–water partition coefficient (Wildman–Crippen LogP) is 4.77. The number of nitrogens with two attached hydrogens (primary N) is 1. The van der Waals surface area contributed by atoms with Crippen LogP contribution in [0.3, 0.4) is 0 Å². The fourth-order valence-corrected chi connectivity index (χ4v) is 3.36. The molecule has 2 atom stereocenters. The Hall–Kier alpha value is -3.31. The van der Waals surface area contributed by atoms with E-state index in [1.165, 1.54) is 6.08 Å². The van der Waals surface area contributed by atoms with Crippen LogP contribution in [0, 0.1) is 5.92 Å². The van der Waals surface area contributed by atoms with Crippen LogP contribution in [-0.4, -0.2) is 16.1 Å². The summed E-state index contributed by atoms with van der Waals surface area (Å²) in [6, 6.07) is 18.0. The Bertz CT molecular complexity index is 1030. The SMILES string of the molecule is C[C@@H](CC/C=C/C(=O)Nc1ccccc1N)[C@@H](O)c1ccc(O)c2ccccc12. The van der Waals surface area contributed by atoms with Crippen molar-refractivity contribution < 1.29 is 15.0 Å². The number of para-hydroxylation sites is 2. The molecule has 0 aliphatic heterocycles. The van der Waals surface area contributed by atoms with Gasteiger partial charge in [-0.1, -0.05) is 55.5 Å². The van der Waals surface area contributed by atoms with Crippen molar-refractivity contribution in [3.05, 3.63) is 78.4 Å². The van der Waals surface area contributed by atoms with Crippen LogP contribution in [0.25, 0.3) is 10.8 Å². The third-order valence-electron chi connectivity index (χ3n) is 5.07. The number of nitrogen functional groups attached to an aromatic ring is 1. The fourth-order valence-electron chi connectivity index (χ4n) is 3.36. The van der Waals surface area contributed by atoms with Crippen LogP contribution in [0.2, 0.25) is 0 Å². The predicted molar refractivity (Wildman–Crippen MR) is 118 cm³/mol. The molecule has 5 nitrogen and oxygen atoms in total. The molecule has 0 bridgehead atoms. The van der Waals surface area contributed by atoms with Crippen molar-refractivity contribution >= 4 is 28.1 Å². The van der Waals surface area contributed by atoms with Crippen molar-refractivity contribution in [3.8, 4) is 5.75 Å². The molecule has 3 aromatic rings. The Labute approximate surface area is 170 Å². The molecule has 0 spiro atoms. The van der Waals surface area contributed by atoms with Gasteiger partial charge < -0.3 is 21.3 Å². The Morgan fingerprint density at radius 1 is 1.07 bits per heavy atom. The maximum Gasteiger partial charge on any atom is 0.248 e. The van der Waals surface area contributed by atoms with E-state index in [2.05, 4.69) is 5.32 Å². The maximum atomic E-state index is 12.0. The zero-order chi connectivity index (χ0) is 20.8. The van der Waals surface area contributed by atoms with Gasteiger partial charge in [-0.2, -0.15) is 0 Å². The lowest BCUT2D eigenvalue weighted by molar-refractivity contribution is -0.111. The van der Waals surface area contributed by atoms with Gasteiger partial charge in [0.15, 0.2) is 0 Å². The van der Waals surface area contributed by atoms with E-state index in [4.69, 9.17) is 5.73 Å². The van der Waals surface area contributed by atoms with E-state index in [9.17, 15) is 15.0 Å². The number of carbonyl (C=O) groups is 1. The van der Waals surface area contributed by atoms with Crippen LogP contribution < -0.4 is 11.1 Å². The van der Waals surface area contributed by atoms with Gasteiger partial charge in [0.25, 0.3) is 0 Å². The molecule has 0 unspecified atom stereocenters. The molecule has 5 N–H and O–H groups in total. The van der Waals surface area contributed by atoms with Crippen LogP contribution in [0.5, 0.6) is 5.75 Å². The summed E-state index contributed by atoms with van der Waals surface area (Å²) in [5.74, 6) is -0.0433. The van der Waals surface area contributed by atoms with Crippen LogP contribution in [0.4, 0.5) is 11.4 Å². The van der Waals surface area contributed by atoms with E-state index >= 15 is 0 Å². The highest BCUT2D eigenvalue weighted by Crippen LogP contribution is 2.34. The molecule has 1 amide bonds. The molecule has 0 heterocycles. The number of fused-ring (bicyclic) bond motifs is 1. The Kier molecular flexibility index (Phi) is 6.52. The Morgan fingerprint density at radius 2 is 1.76 bits per heavy atom. The Balaban J connectivity index is 1.57. The van der Waals surface area contributed by atoms with Gasteiger partial charge in [-0.15, -0.1) is 0 Å². The van der Waals surface area contributed by atoms with Gasteiger partial charge in [0.1, 0.15) is 5.75 Å². The lowest BCUT2D eigenvalue weighted by atomic mass is 9.90. The number of nitrogens with one attached hydrogen (secondary N) is 1. The molecule has 150 valence electrons. The first-order chi connectivity index (χ1) is 14.0. The largest absolute Gasteiger partial charge is 0.507 e. The number of benzene rings is 3. The standard InChI is InChI=1S/C24H26N2O3/c1-16(8-2-7-13-23(28)26-21-12-6-5-11-20(21)25)24(29)19-14-15-22(27)18-10-4-3-9-17(18)19/h3-7,9-16,24,27,29H,2,8,25H2,1H3,(H,26,28)/b13-7+/t16-,24+/m0/s1. The zero-order valence-electron chi connectivity index (χ0n) is 16.4. The number of aliphatic hydroxyl groups is 1. The number of amides is 1. The van der Waals surface area contributed by atoms with Gasteiger partial charge in [-0.05, 0) is 54.0 Å². The number of allylic oxidation sites excluding steroid dienone is 1. The van der Waals surface area contributed by atoms with Gasteiger partial charge in [0, 0.05) is 5.39 Å². The summed E-state index contributed by atoms with van der Waals surface area (Å²) in [5.41, 5.74) is 7.73. The molecule has 0 saturated heterocycles. The number of aromatic hydroxyl groups is 1. The highest BCUT2D eigenvalue weighted by atomic mass is 16.3. The molecule has 0 fully saturated rings. The topological polar surface area (TPSA) is 95.6 Å². The second-order valence-corrected chi connectivity index (χ2v) is 7.20. The van der Waals surface area contributed by atoms with Crippen LogP contribution in [-0.2, 0) is 4.79 Å². The van der Waals surface area contributed by atoms with E-state index in [0.29, 0.717) is 24.2 Å². The molecule has 3 rings (SSSR count). The molecule has 29 heavy (non-hydrogen) atoms. The average Bonchev–Trinajstić information content (AvgIpc) is 2.73. The number of hydrogen-bond acceptors (Lipinski definition) is 4. The van der Waals surface area contributed by atoms with E-state index in [-0.39, 0.29) is 17.6 Å². The van der Waals surface area contributed by atoms with Crippen molar-refractivity contribution in [1.82, 2.24) is 0 Å². The number of carbonyl (C=O) groups excluding carboxylic acids is 1. The summed E-state index contributed by atoms with van der Waals surface area (Å²) >= 11 is 0. The summed E-state index contributed by atoms with van der Waals surface area (Å²) in [4.78, 5) is 12.0. The molecular weight excluding hydrogens is 364 g/mol. The van der Waals surface area contributed by atoms with Crippen molar-refractivity contribution in [1.29, 1.82) is 0 Å². The molecule has 3 aromatic carbocycles. The fraction of sp³-hybridized carbons (Fsp3) is 0.208. The number of anilines is 2. The summed E-state index contributed by atoms with van der Waals surface area (Å²) < 4.78 is 0. The third kappa shape index (κ3) is 4.95. The van der Waals surface area contributed by atoms with Gasteiger partial charge >= 0.3 is 0 Å². The average molecular weight is 390 g/mol. The van der Waals surface area contributed by atoms with E-state index in [1.807, 2.05) is 43.3 Å². The van der Waals surface area contributed by atoms with Crippen molar-refractivity contribution in [2.24, 2.45) is 5.92 Å². The summed E-state index contributed by atoms with van der Waals surface area (Å²) in [6.07, 6.45) is 4.00. The van der Waals surface area contributed by atoms with Crippen LogP contribution in [0.15, 0.2) is 72.8 Å². The number of aliphatic hydroxyl groups excluding tert-OH is 1. The molecule has 0 aliphatic rings. The highest BCUT2D eigenvalue weighted by molar-refractivity contribution is 6.01. The van der Waals surface area contributed by atoms with Gasteiger partial charge in [0.2, 0.25) is 5.91 Å². The van der Waals surface area contributed by atoms with Crippen molar-refractivity contribution in [2.75, 3.05) is 11.1 Å². The monoisotopic (exact) mass is 390 g/mol. The van der Waals surface area contributed by atoms with E-state index in [0.717, 1.165) is 16.3 Å². The van der Waals surface area contributed by atoms with Gasteiger partial charge in [0.05, 0.1) is 17.5 Å². The van der Waals surface area contributed by atoms with Crippen LogP contribution >= 0.6 is 0 Å². The molecule has 5 heteroatoms. The van der Waals surface area contributed by atoms with Crippen molar-refractivity contribution in [3.63, 3.8) is 0 Å². The molecule has 0 aliphatic carbocycles. The number of rotatable bonds is 7. The smallest absolute Gasteiger partial charge is 0.248 e. The molecule has 0 aromatic heterocycles. The number of hydrogen-bond donors (Lipinski definition) is 4. The quantitative estimate of drug-likeness (QED) is 0.345. The molecule has 0 radical (unpaired) electrons. The molecule has 0 saturated carbocycles. The number of phenolic OH excluding ortho intramolecular Hbond substituents is 1. The Morgan fingerprint density at radius 3 is 2.52 bits per heavy atom. The van der Waals surface area contributed by atoms with Crippen molar-refractivity contribution in [2.45, 2.75) is 25.9 Å². The summed E-state index contributed by atoms with van der Waals surface area (Å²) in [7, 11) is 0. The number of phenols is 1. The van der Waals surface area contributed by atoms with E-state index in [1.54, 1.807) is 30.3 Å². The van der Waals surface area contributed by atoms with E-state index < -0.39 is 6.10 Å². The first-order valence-corrected chi connectivity index (χ1v) is 9.68. The maximum absolute atomic E-state index is 12.0. The first-order valence-electron chi connectivity index (χ1n) is 9.68.